The van der Waals surface area contributed by atoms with Crippen molar-refractivity contribution in [2.45, 2.75) is 19.6 Å². The zero-order chi connectivity index (χ0) is 25.2. The van der Waals surface area contributed by atoms with E-state index in [4.69, 9.17) is 23.2 Å². The first kappa shape index (κ1) is 24.9. The normalized spacial score (nSPS) is 11.7. The minimum absolute atomic E-state index is 0.0604. The standard InChI is InChI=1S/C25H17Cl2NO5S2/c26-19-5-13-23(14-6-19)34(30,31)21-9-1-17(2-10-21)25(28-29)18-3-11-22(12-4-18)35(32,33)24-15-7-20(27)8-16-24/h1-16,29H. The Morgan fingerprint density at radius 1 is 0.514 bits per heavy atom. The summed E-state index contributed by atoms with van der Waals surface area (Å²) < 4.78 is 51.4. The highest BCUT2D eigenvalue weighted by molar-refractivity contribution is 7.91. The average Bonchev–Trinajstić information content (AvgIpc) is 2.86. The highest BCUT2D eigenvalue weighted by Gasteiger charge is 2.20. The van der Waals surface area contributed by atoms with Crippen LogP contribution in [0, 0.1) is 0 Å². The largest absolute Gasteiger partial charge is 0.410 e. The van der Waals surface area contributed by atoms with Crippen molar-refractivity contribution < 1.29 is 22.0 Å². The second-order valence-corrected chi connectivity index (χ2v) is 12.2. The fourth-order valence-electron chi connectivity index (χ4n) is 3.37. The maximum atomic E-state index is 12.8. The van der Waals surface area contributed by atoms with Gasteiger partial charge in [0.15, 0.2) is 0 Å². The van der Waals surface area contributed by atoms with Gasteiger partial charge in [0.25, 0.3) is 0 Å². The molecule has 4 aromatic carbocycles. The van der Waals surface area contributed by atoms with Crippen LogP contribution in [-0.2, 0) is 19.7 Å². The predicted molar refractivity (Wildman–Crippen MR) is 134 cm³/mol. The van der Waals surface area contributed by atoms with E-state index in [0.717, 1.165) is 0 Å². The lowest BCUT2D eigenvalue weighted by Gasteiger charge is -2.09. The van der Waals surface area contributed by atoms with Gasteiger partial charge in [-0.2, -0.15) is 0 Å². The van der Waals surface area contributed by atoms with Crippen molar-refractivity contribution in [2.24, 2.45) is 5.16 Å². The third kappa shape index (κ3) is 5.11. The number of nitrogens with zero attached hydrogens (tertiary/aromatic N) is 1. The maximum absolute atomic E-state index is 12.8. The lowest BCUT2D eigenvalue weighted by atomic mass is 10.0. The zero-order valence-corrected chi connectivity index (χ0v) is 21.0. The summed E-state index contributed by atoms with van der Waals surface area (Å²) >= 11 is 11.7. The molecule has 10 heteroatoms. The van der Waals surface area contributed by atoms with Gasteiger partial charge in [-0.05, 0) is 72.8 Å². The summed E-state index contributed by atoms with van der Waals surface area (Å²) in [5, 5.41) is 13.8. The number of benzene rings is 4. The minimum Gasteiger partial charge on any atom is -0.410 e. The van der Waals surface area contributed by atoms with E-state index in [1.54, 1.807) is 0 Å². The molecule has 0 radical (unpaired) electrons. The lowest BCUT2D eigenvalue weighted by molar-refractivity contribution is 0.319. The Hall–Kier alpha value is -3.17. The maximum Gasteiger partial charge on any atom is 0.206 e. The summed E-state index contributed by atoms with van der Waals surface area (Å²) in [4.78, 5) is 0.321. The van der Waals surface area contributed by atoms with Crippen LogP contribution in [0.2, 0.25) is 10.0 Å². The Bertz CT molecular complexity index is 1480. The first-order valence-electron chi connectivity index (χ1n) is 10.1. The zero-order valence-electron chi connectivity index (χ0n) is 17.8. The second-order valence-electron chi connectivity index (χ2n) is 7.41. The Morgan fingerprint density at radius 3 is 1.03 bits per heavy atom. The van der Waals surface area contributed by atoms with E-state index in [1.807, 2.05) is 0 Å². The SMILES string of the molecule is O=S(=O)(c1ccc(Cl)cc1)c1ccc(C(=NO)c2ccc(S(=O)(=O)c3ccc(Cl)cc3)cc2)cc1. The van der Waals surface area contributed by atoms with Gasteiger partial charge in [0.05, 0.1) is 19.6 Å². The third-order valence-electron chi connectivity index (χ3n) is 5.22. The van der Waals surface area contributed by atoms with Crippen LogP contribution >= 0.6 is 23.2 Å². The van der Waals surface area contributed by atoms with Crippen molar-refractivity contribution in [2.75, 3.05) is 0 Å². The highest BCUT2D eigenvalue weighted by atomic mass is 35.5. The predicted octanol–water partition coefficient (Wildman–Crippen LogP) is 5.89. The molecule has 4 aromatic rings. The molecule has 1 N–H and O–H groups in total. The summed E-state index contributed by atoms with van der Waals surface area (Å²) in [5.74, 6) is 0. The van der Waals surface area contributed by atoms with Gasteiger partial charge in [-0.3, -0.25) is 0 Å². The molecule has 0 heterocycles. The van der Waals surface area contributed by atoms with Crippen LogP contribution in [0.3, 0.4) is 0 Å². The van der Waals surface area contributed by atoms with Crippen molar-refractivity contribution in [1.82, 2.24) is 0 Å². The van der Waals surface area contributed by atoms with E-state index in [9.17, 15) is 22.0 Å². The summed E-state index contributed by atoms with van der Waals surface area (Å²) in [6.07, 6.45) is 0. The van der Waals surface area contributed by atoms with E-state index in [-0.39, 0.29) is 25.3 Å². The summed E-state index contributed by atoms with van der Waals surface area (Å²) in [6.45, 7) is 0. The molecule has 178 valence electrons. The summed E-state index contributed by atoms with van der Waals surface area (Å²) in [7, 11) is -7.51. The number of hydrogen-bond donors (Lipinski definition) is 1. The van der Waals surface area contributed by atoms with Gasteiger partial charge < -0.3 is 5.21 Å². The van der Waals surface area contributed by atoms with Gasteiger partial charge in [0.2, 0.25) is 19.7 Å². The molecular weight excluding hydrogens is 529 g/mol. The molecule has 35 heavy (non-hydrogen) atoms. The van der Waals surface area contributed by atoms with Gasteiger partial charge >= 0.3 is 0 Å². The van der Waals surface area contributed by atoms with Gasteiger partial charge in [-0.15, -0.1) is 0 Å². The van der Waals surface area contributed by atoms with Gasteiger partial charge in [0, 0.05) is 21.2 Å². The Balaban J connectivity index is 1.61. The fraction of sp³-hybridized carbons (Fsp3) is 0. The smallest absolute Gasteiger partial charge is 0.206 e. The van der Waals surface area contributed by atoms with Crippen LogP contribution in [0.5, 0.6) is 0 Å². The van der Waals surface area contributed by atoms with Crippen LogP contribution in [0.1, 0.15) is 11.1 Å². The van der Waals surface area contributed by atoms with Crippen molar-refractivity contribution in [3.8, 4) is 0 Å². The molecule has 0 unspecified atom stereocenters. The molecular formula is C25H17Cl2NO5S2. The first-order chi connectivity index (χ1) is 16.6. The van der Waals surface area contributed by atoms with E-state index < -0.39 is 19.7 Å². The Morgan fingerprint density at radius 2 is 0.771 bits per heavy atom. The number of halogens is 2. The summed E-state index contributed by atoms with van der Waals surface area (Å²) in [6, 6.07) is 23.3. The average molecular weight is 546 g/mol. The quantitative estimate of drug-likeness (QED) is 0.185. The number of oxime groups is 1. The van der Waals surface area contributed by atoms with Crippen molar-refractivity contribution in [3.63, 3.8) is 0 Å². The Kier molecular flexibility index (Phi) is 7.00. The fourth-order valence-corrected chi connectivity index (χ4v) is 6.14. The molecule has 0 aliphatic rings. The van der Waals surface area contributed by atoms with Gasteiger partial charge in [0.1, 0.15) is 5.71 Å². The van der Waals surface area contributed by atoms with Crippen LogP contribution in [-0.4, -0.2) is 27.8 Å². The molecule has 0 aliphatic carbocycles. The monoisotopic (exact) mass is 545 g/mol. The summed E-state index contributed by atoms with van der Waals surface area (Å²) in [5.41, 5.74) is 1.03. The molecule has 0 spiro atoms. The molecule has 0 aromatic heterocycles. The number of sulfone groups is 2. The molecule has 0 aliphatic heterocycles. The van der Waals surface area contributed by atoms with Crippen LogP contribution in [0.15, 0.2) is 122 Å². The number of rotatable bonds is 6. The van der Waals surface area contributed by atoms with Crippen molar-refractivity contribution in [3.05, 3.63) is 118 Å². The van der Waals surface area contributed by atoms with Gasteiger partial charge in [-0.25, -0.2) is 16.8 Å². The molecule has 0 bridgehead atoms. The van der Waals surface area contributed by atoms with Gasteiger partial charge in [-0.1, -0.05) is 52.6 Å². The second kappa shape index (κ2) is 9.83. The number of hydrogen-bond acceptors (Lipinski definition) is 6. The van der Waals surface area contributed by atoms with Crippen LogP contribution < -0.4 is 0 Å². The first-order valence-corrected chi connectivity index (χ1v) is 13.8. The molecule has 0 saturated carbocycles. The molecule has 0 fully saturated rings. The van der Waals surface area contributed by atoms with Crippen molar-refractivity contribution >= 4 is 48.6 Å². The molecule has 6 nitrogen and oxygen atoms in total. The third-order valence-corrected chi connectivity index (χ3v) is 9.30. The highest BCUT2D eigenvalue weighted by Crippen LogP contribution is 2.25. The van der Waals surface area contributed by atoms with E-state index >= 15 is 0 Å². The topological polar surface area (TPSA) is 101 Å². The van der Waals surface area contributed by atoms with Crippen LogP contribution in [0.25, 0.3) is 0 Å². The van der Waals surface area contributed by atoms with E-state index in [2.05, 4.69) is 5.16 Å². The molecule has 0 amide bonds. The lowest BCUT2D eigenvalue weighted by Crippen LogP contribution is -2.07. The van der Waals surface area contributed by atoms with E-state index in [1.165, 1.54) is 97.1 Å². The molecule has 0 atom stereocenters. The van der Waals surface area contributed by atoms with Crippen molar-refractivity contribution in [1.29, 1.82) is 0 Å². The Labute approximate surface area is 212 Å². The minimum atomic E-state index is -3.76. The molecule has 4 rings (SSSR count). The molecule has 0 saturated heterocycles. The van der Waals surface area contributed by atoms with E-state index in [0.29, 0.717) is 21.2 Å². The van der Waals surface area contributed by atoms with Crippen LogP contribution in [0.4, 0.5) is 0 Å².